The van der Waals surface area contributed by atoms with Gasteiger partial charge in [0.25, 0.3) is 0 Å². The number of carbonyl (C=O) groups is 1. The van der Waals surface area contributed by atoms with Crippen LogP contribution in [0.1, 0.15) is 113 Å². The van der Waals surface area contributed by atoms with Crippen LogP contribution in [0.3, 0.4) is 0 Å². The standard InChI is InChI=1S/C30H48O2/c1-25(2)15-9-16-30(8,32-25)21-12-18-28(6)20(21)10-11-23-27(5)17-14-24(31)26(3,4)22(27)13-19-29(23,28)7/h9,15,20-23H,10-14,16-19H2,1-8H3/t20-,21+,22+,23-,27+,28-,29-,30+/m1/s1. The quantitative estimate of drug-likeness (QED) is 0.389. The monoisotopic (exact) mass is 440 g/mol. The molecule has 5 aliphatic rings. The summed E-state index contributed by atoms with van der Waals surface area (Å²) in [6.45, 7) is 19.3. The minimum atomic E-state index is -0.154. The van der Waals surface area contributed by atoms with E-state index in [4.69, 9.17) is 4.74 Å². The lowest BCUT2D eigenvalue weighted by Gasteiger charge is -2.69. The van der Waals surface area contributed by atoms with Crippen molar-refractivity contribution in [3.63, 3.8) is 0 Å². The summed E-state index contributed by atoms with van der Waals surface area (Å²) in [5.41, 5.74) is 0.738. The van der Waals surface area contributed by atoms with Crippen LogP contribution in [-0.2, 0) is 9.53 Å². The van der Waals surface area contributed by atoms with E-state index in [9.17, 15) is 4.79 Å². The van der Waals surface area contributed by atoms with Gasteiger partial charge in [-0.15, -0.1) is 0 Å². The lowest BCUT2D eigenvalue weighted by atomic mass is 9.35. The van der Waals surface area contributed by atoms with Crippen LogP contribution in [0.5, 0.6) is 0 Å². The second kappa shape index (κ2) is 6.73. The molecule has 4 aliphatic carbocycles. The predicted molar refractivity (Wildman–Crippen MR) is 131 cm³/mol. The molecule has 180 valence electrons. The highest BCUT2D eigenvalue weighted by Gasteiger charge is 2.69. The Labute approximate surface area is 197 Å². The molecule has 0 unspecified atom stereocenters. The summed E-state index contributed by atoms with van der Waals surface area (Å²) in [5, 5.41) is 0. The molecule has 8 atom stereocenters. The van der Waals surface area contributed by atoms with E-state index in [0.29, 0.717) is 33.9 Å². The molecular weight excluding hydrogens is 392 g/mol. The number of ether oxygens (including phenoxy) is 1. The fourth-order valence-corrected chi connectivity index (χ4v) is 10.8. The van der Waals surface area contributed by atoms with Crippen molar-refractivity contribution in [1.82, 2.24) is 0 Å². The first-order valence-corrected chi connectivity index (χ1v) is 13.6. The van der Waals surface area contributed by atoms with Crippen molar-refractivity contribution in [2.24, 2.45) is 45.3 Å². The van der Waals surface area contributed by atoms with Crippen LogP contribution in [-0.4, -0.2) is 17.0 Å². The zero-order valence-electron chi connectivity index (χ0n) is 22.1. The van der Waals surface area contributed by atoms with Gasteiger partial charge in [-0.3, -0.25) is 4.79 Å². The minimum absolute atomic E-state index is 0.0375. The Morgan fingerprint density at radius 3 is 2.16 bits per heavy atom. The third-order valence-corrected chi connectivity index (χ3v) is 12.5. The first-order valence-electron chi connectivity index (χ1n) is 13.6. The average Bonchev–Trinajstić information content (AvgIpc) is 3.03. The fraction of sp³-hybridized carbons (Fsp3) is 0.900. The van der Waals surface area contributed by atoms with Gasteiger partial charge in [0, 0.05) is 11.8 Å². The van der Waals surface area contributed by atoms with E-state index in [-0.39, 0.29) is 16.6 Å². The molecule has 0 aromatic heterocycles. The van der Waals surface area contributed by atoms with Crippen LogP contribution in [0.2, 0.25) is 0 Å². The van der Waals surface area contributed by atoms with Gasteiger partial charge in [-0.2, -0.15) is 0 Å². The molecule has 32 heavy (non-hydrogen) atoms. The molecule has 0 aromatic carbocycles. The van der Waals surface area contributed by atoms with E-state index in [1.54, 1.807) is 0 Å². The fourth-order valence-electron chi connectivity index (χ4n) is 10.8. The van der Waals surface area contributed by atoms with Crippen LogP contribution < -0.4 is 0 Å². The molecule has 1 aliphatic heterocycles. The van der Waals surface area contributed by atoms with E-state index in [1.807, 2.05) is 0 Å². The Bertz CT molecular complexity index is 838. The number of hydrogen-bond donors (Lipinski definition) is 0. The molecule has 5 rings (SSSR count). The van der Waals surface area contributed by atoms with Crippen LogP contribution >= 0.6 is 0 Å². The Hall–Kier alpha value is -0.630. The van der Waals surface area contributed by atoms with E-state index in [1.165, 1.54) is 38.5 Å². The molecule has 0 amide bonds. The molecule has 4 saturated carbocycles. The number of ketones is 1. The van der Waals surface area contributed by atoms with Crippen LogP contribution in [0.25, 0.3) is 0 Å². The molecule has 0 bridgehead atoms. The van der Waals surface area contributed by atoms with Gasteiger partial charge < -0.3 is 4.74 Å². The van der Waals surface area contributed by atoms with Crippen LogP contribution in [0.4, 0.5) is 0 Å². The molecule has 4 fully saturated rings. The normalized spacial score (nSPS) is 53.9. The number of rotatable bonds is 1. The van der Waals surface area contributed by atoms with Crippen molar-refractivity contribution in [2.45, 2.75) is 124 Å². The first-order chi connectivity index (χ1) is 14.7. The van der Waals surface area contributed by atoms with Crippen molar-refractivity contribution >= 4 is 5.78 Å². The highest BCUT2D eigenvalue weighted by atomic mass is 16.5. The second-order valence-corrected chi connectivity index (χ2v) is 14.6. The molecule has 2 nitrogen and oxygen atoms in total. The highest BCUT2D eigenvalue weighted by molar-refractivity contribution is 5.85. The summed E-state index contributed by atoms with van der Waals surface area (Å²) in [4.78, 5) is 12.9. The summed E-state index contributed by atoms with van der Waals surface area (Å²) in [5.74, 6) is 3.23. The summed E-state index contributed by atoms with van der Waals surface area (Å²) in [7, 11) is 0. The molecule has 0 radical (unpaired) electrons. The smallest absolute Gasteiger partial charge is 0.138 e. The van der Waals surface area contributed by atoms with Gasteiger partial charge in [0.05, 0.1) is 11.2 Å². The van der Waals surface area contributed by atoms with E-state index < -0.39 is 0 Å². The third kappa shape index (κ3) is 2.83. The lowest BCUT2D eigenvalue weighted by molar-refractivity contribution is -0.214. The third-order valence-electron chi connectivity index (χ3n) is 12.5. The average molecular weight is 441 g/mol. The lowest BCUT2D eigenvalue weighted by Crippen LogP contribution is -2.63. The van der Waals surface area contributed by atoms with E-state index in [0.717, 1.165) is 31.1 Å². The summed E-state index contributed by atoms with van der Waals surface area (Å²) in [6, 6.07) is 0. The van der Waals surface area contributed by atoms with Crippen molar-refractivity contribution in [2.75, 3.05) is 0 Å². The van der Waals surface area contributed by atoms with Gasteiger partial charge in [0.1, 0.15) is 5.78 Å². The number of fused-ring (bicyclic) bond motifs is 5. The number of hydrogen-bond acceptors (Lipinski definition) is 2. The zero-order chi connectivity index (χ0) is 23.4. The van der Waals surface area contributed by atoms with Crippen LogP contribution in [0.15, 0.2) is 12.2 Å². The Kier molecular flexibility index (Phi) is 4.87. The highest BCUT2D eigenvalue weighted by Crippen LogP contribution is 2.75. The van der Waals surface area contributed by atoms with Gasteiger partial charge in [0.15, 0.2) is 0 Å². The Morgan fingerprint density at radius 2 is 1.47 bits per heavy atom. The SMILES string of the molecule is CC1(C)C=CC[C@@](C)([C@H]2CC[C@]3(C)[C@@H]2CC[C@@H]2[C@@]4(C)CCC(=O)C(C)(C)[C@@H]4CC[C@]23C)O1. The number of carbonyl (C=O) groups excluding carboxylic acids is 1. The maximum Gasteiger partial charge on any atom is 0.138 e. The topological polar surface area (TPSA) is 26.3 Å². The Balaban J connectivity index is 1.48. The summed E-state index contributed by atoms with van der Waals surface area (Å²) >= 11 is 0. The predicted octanol–water partition coefficient (Wildman–Crippen LogP) is 7.75. The van der Waals surface area contributed by atoms with E-state index >= 15 is 0 Å². The zero-order valence-corrected chi connectivity index (χ0v) is 22.1. The molecule has 1 heterocycles. The van der Waals surface area contributed by atoms with Crippen LogP contribution in [0, 0.1) is 45.3 Å². The first kappa shape index (κ1) is 23.1. The van der Waals surface area contributed by atoms with Gasteiger partial charge in [0.2, 0.25) is 0 Å². The molecule has 0 saturated heterocycles. The van der Waals surface area contributed by atoms with Crippen molar-refractivity contribution in [3.05, 3.63) is 12.2 Å². The molecule has 0 spiro atoms. The second-order valence-electron chi connectivity index (χ2n) is 14.6. The Morgan fingerprint density at radius 1 is 0.781 bits per heavy atom. The molecule has 2 heteroatoms. The van der Waals surface area contributed by atoms with Crippen molar-refractivity contribution in [1.29, 1.82) is 0 Å². The summed E-state index contributed by atoms with van der Waals surface area (Å²) < 4.78 is 6.83. The number of Topliss-reactive ketones (excluding diaryl/α,β-unsaturated/α-hetero) is 1. The summed E-state index contributed by atoms with van der Waals surface area (Å²) in [6.07, 6.45) is 15.5. The maximum atomic E-state index is 12.9. The van der Waals surface area contributed by atoms with Gasteiger partial charge in [-0.25, -0.2) is 0 Å². The molecule has 0 N–H and O–H groups in total. The maximum absolute atomic E-state index is 12.9. The van der Waals surface area contributed by atoms with Gasteiger partial charge in [-0.05, 0) is 112 Å². The largest absolute Gasteiger partial charge is 0.365 e. The van der Waals surface area contributed by atoms with Gasteiger partial charge >= 0.3 is 0 Å². The minimum Gasteiger partial charge on any atom is -0.365 e. The van der Waals surface area contributed by atoms with Crippen molar-refractivity contribution in [3.8, 4) is 0 Å². The molecular formula is C30H48O2. The van der Waals surface area contributed by atoms with Crippen molar-refractivity contribution < 1.29 is 9.53 Å². The van der Waals surface area contributed by atoms with E-state index in [2.05, 4.69) is 67.5 Å². The van der Waals surface area contributed by atoms with Gasteiger partial charge in [-0.1, -0.05) is 46.8 Å². The molecule has 0 aromatic rings.